The molecule has 1 heterocycles. The van der Waals surface area contributed by atoms with Crippen molar-refractivity contribution in [1.82, 2.24) is 31.3 Å². The molecule has 0 aromatic carbocycles. The standard InChI is InChI=1S/C7H12N6O2/c1-3-8-6(14)4(2)9-7(15)5-10-12-13-11-5/h4H,3H2,1-2H3,(H,8,14)(H,9,15)(H,10,11,12,13). The van der Waals surface area contributed by atoms with E-state index in [1.54, 1.807) is 13.8 Å². The first-order valence-electron chi connectivity index (χ1n) is 4.47. The fourth-order valence-corrected chi connectivity index (χ4v) is 0.912. The van der Waals surface area contributed by atoms with Crippen LogP contribution in [0.25, 0.3) is 0 Å². The number of likely N-dealkylation sites (N-methyl/N-ethyl adjacent to an activating group) is 1. The number of aromatic amines is 1. The number of nitrogens with one attached hydrogen (secondary N) is 3. The van der Waals surface area contributed by atoms with Gasteiger partial charge in [0, 0.05) is 6.54 Å². The zero-order valence-corrected chi connectivity index (χ0v) is 8.44. The van der Waals surface area contributed by atoms with Gasteiger partial charge < -0.3 is 10.6 Å². The Morgan fingerprint density at radius 2 is 2.27 bits per heavy atom. The lowest BCUT2D eigenvalue weighted by molar-refractivity contribution is -0.122. The van der Waals surface area contributed by atoms with Gasteiger partial charge in [-0.3, -0.25) is 9.59 Å². The molecule has 0 saturated carbocycles. The van der Waals surface area contributed by atoms with E-state index in [2.05, 4.69) is 31.3 Å². The third-order valence-electron chi connectivity index (χ3n) is 1.64. The molecular formula is C7H12N6O2. The molecule has 0 radical (unpaired) electrons. The molecule has 82 valence electrons. The van der Waals surface area contributed by atoms with Crippen molar-refractivity contribution in [1.29, 1.82) is 0 Å². The predicted octanol–water partition coefficient (Wildman–Crippen LogP) is -1.55. The van der Waals surface area contributed by atoms with E-state index in [1.807, 2.05) is 0 Å². The second-order valence-electron chi connectivity index (χ2n) is 2.83. The maximum Gasteiger partial charge on any atom is 0.293 e. The van der Waals surface area contributed by atoms with Gasteiger partial charge in [-0.05, 0) is 19.1 Å². The summed E-state index contributed by atoms with van der Waals surface area (Å²) >= 11 is 0. The molecule has 0 bridgehead atoms. The van der Waals surface area contributed by atoms with Crippen LogP contribution in [0.2, 0.25) is 0 Å². The number of aromatic nitrogens is 4. The number of amides is 2. The second-order valence-corrected chi connectivity index (χ2v) is 2.83. The van der Waals surface area contributed by atoms with Crippen LogP contribution in [0.3, 0.4) is 0 Å². The van der Waals surface area contributed by atoms with Crippen molar-refractivity contribution < 1.29 is 9.59 Å². The van der Waals surface area contributed by atoms with Gasteiger partial charge in [-0.1, -0.05) is 0 Å². The summed E-state index contributed by atoms with van der Waals surface area (Å²) in [7, 11) is 0. The summed E-state index contributed by atoms with van der Waals surface area (Å²) in [5.74, 6) is -0.886. The molecule has 0 spiro atoms. The van der Waals surface area contributed by atoms with E-state index in [0.717, 1.165) is 0 Å². The van der Waals surface area contributed by atoms with Crippen molar-refractivity contribution in [3.05, 3.63) is 5.82 Å². The lowest BCUT2D eigenvalue weighted by atomic mass is 10.3. The molecule has 1 aromatic heterocycles. The van der Waals surface area contributed by atoms with E-state index in [1.165, 1.54) is 0 Å². The molecule has 8 heteroatoms. The van der Waals surface area contributed by atoms with Crippen molar-refractivity contribution in [3.8, 4) is 0 Å². The van der Waals surface area contributed by atoms with Crippen molar-refractivity contribution in [3.63, 3.8) is 0 Å². The Kier molecular flexibility index (Phi) is 3.72. The summed E-state index contributed by atoms with van der Waals surface area (Å²) in [5.41, 5.74) is 0. The van der Waals surface area contributed by atoms with Crippen molar-refractivity contribution in [2.24, 2.45) is 0 Å². The topological polar surface area (TPSA) is 113 Å². The highest BCUT2D eigenvalue weighted by Gasteiger charge is 2.18. The summed E-state index contributed by atoms with van der Waals surface area (Å²) in [6.45, 7) is 3.88. The molecule has 8 nitrogen and oxygen atoms in total. The van der Waals surface area contributed by atoms with Gasteiger partial charge in [0.1, 0.15) is 6.04 Å². The van der Waals surface area contributed by atoms with Gasteiger partial charge >= 0.3 is 0 Å². The van der Waals surface area contributed by atoms with Crippen molar-refractivity contribution in [2.75, 3.05) is 6.54 Å². The number of hydrogen-bond donors (Lipinski definition) is 3. The number of H-pyrrole nitrogens is 1. The quantitative estimate of drug-likeness (QED) is 0.559. The van der Waals surface area contributed by atoms with E-state index < -0.39 is 11.9 Å². The Balaban J connectivity index is 2.48. The van der Waals surface area contributed by atoms with Gasteiger partial charge in [-0.25, -0.2) is 0 Å². The molecule has 1 atom stereocenters. The molecular weight excluding hydrogens is 200 g/mol. The number of hydrogen-bond acceptors (Lipinski definition) is 5. The molecule has 15 heavy (non-hydrogen) atoms. The van der Waals surface area contributed by atoms with Crippen LogP contribution in [0, 0.1) is 0 Å². The maximum atomic E-state index is 11.3. The smallest absolute Gasteiger partial charge is 0.293 e. The lowest BCUT2D eigenvalue weighted by Crippen LogP contribution is -2.45. The monoisotopic (exact) mass is 212 g/mol. The second kappa shape index (κ2) is 5.03. The van der Waals surface area contributed by atoms with E-state index >= 15 is 0 Å². The van der Waals surface area contributed by atoms with Gasteiger partial charge in [-0.15, -0.1) is 10.2 Å². The Morgan fingerprint density at radius 1 is 1.53 bits per heavy atom. The number of nitrogens with zero attached hydrogens (tertiary/aromatic N) is 3. The van der Waals surface area contributed by atoms with E-state index in [4.69, 9.17) is 0 Å². The Morgan fingerprint density at radius 3 is 2.80 bits per heavy atom. The highest BCUT2D eigenvalue weighted by Crippen LogP contribution is 1.87. The third kappa shape index (κ3) is 3.01. The molecule has 0 aliphatic rings. The minimum atomic E-state index is -0.629. The van der Waals surface area contributed by atoms with Crippen LogP contribution in [0.15, 0.2) is 0 Å². The molecule has 1 unspecified atom stereocenters. The summed E-state index contributed by atoms with van der Waals surface area (Å²) in [4.78, 5) is 22.6. The SMILES string of the molecule is CCNC(=O)C(C)NC(=O)c1nn[nH]n1. The van der Waals surface area contributed by atoms with Crippen LogP contribution in [0.4, 0.5) is 0 Å². The highest BCUT2D eigenvalue weighted by molar-refractivity contribution is 5.94. The van der Waals surface area contributed by atoms with Crippen LogP contribution >= 0.6 is 0 Å². The number of tetrazole rings is 1. The van der Waals surface area contributed by atoms with Crippen LogP contribution < -0.4 is 10.6 Å². The van der Waals surface area contributed by atoms with Gasteiger partial charge in [0.15, 0.2) is 0 Å². The Labute approximate surface area is 85.8 Å². The Hall–Kier alpha value is -1.99. The van der Waals surface area contributed by atoms with Crippen LogP contribution in [0.1, 0.15) is 24.5 Å². The minimum Gasteiger partial charge on any atom is -0.355 e. The van der Waals surface area contributed by atoms with Crippen molar-refractivity contribution in [2.45, 2.75) is 19.9 Å². The fraction of sp³-hybridized carbons (Fsp3) is 0.571. The predicted molar refractivity (Wildman–Crippen MR) is 49.8 cm³/mol. The maximum absolute atomic E-state index is 11.3. The largest absolute Gasteiger partial charge is 0.355 e. The molecule has 0 saturated heterocycles. The molecule has 3 N–H and O–H groups in total. The number of rotatable bonds is 4. The van der Waals surface area contributed by atoms with Gasteiger partial charge in [0.25, 0.3) is 11.7 Å². The van der Waals surface area contributed by atoms with E-state index in [-0.39, 0.29) is 11.7 Å². The first-order chi connectivity index (χ1) is 7.15. The van der Waals surface area contributed by atoms with Crippen molar-refractivity contribution >= 4 is 11.8 Å². The average molecular weight is 212 g/mol. The molecule has 0 aliphatic heterocycles. The molecule has 1 aromatic rings. The van der Waals surface area contributed by atoms with Gasteiger partial charge in [0.2, 0.25) is 5.91 Å². The fourth-order valence-electron chi connectivity index (χ4n) is 0.912. The minimum absolute atomic E-state index is 0.0915. The molecule has 0 aliphatic carbocycles. The average Bonchev–Trinajstić information content (AvgIpc) is 2.70. The number of carbonyl (C=O) groups is 2. The molecule has 1 rings (SSSR count). The normalized spacial score (nSPS) is 11.9. The summed E-state index contributed by atoms with van der Waals surface area (Å²) < 4.78 is 0. The zero-order valence-electron chi connectivity index (χ0n) is 8.44. The van der Waals surface area contributed by atoms with E-state index in [0.29, 0.717) is 6.54 Å². The van der Waals surface area contributed by atoms with Crippen LogP contribution in [-0.4, -0.2) is 45.0 Å². The van der Waals surface area contributed by atoms with Crippen LogP contribution in [0.5, 0.6) is 0 Å². The van der Waals surface area contributed by atoms with Gasteiger partial charge in [0.05, 0.1) is 0 Å². The van der Waals surface area contributed by atoms with Gasteiger partial charge in [-0.2, -0.15) is 5.21 Å². The Bertz CT molecular complexity index is 335. The molecule has 0 fully saturated rings. The zero-order chi connectivity index (χ0) is 11.3. The van der Waals surface area contributed by atoms with Crippen LogP contribution in [-0.2, 0) is 4.79 Å². The highest BCUT2D eigenvalue weighted by atomic mass is 16.2. The summed E-state index contributed by atoms with van der Waals surface area (Å²) in [6.07, 6.45) is 0. The third-order valence-corrected chi connectivity index (χ3v) is 1.64. The molecule has 2 amide bonds. The summed E-state index contributed by atoms with van der Waals surface area (Å²) in [5, 5.41) is 17.4. The summed E-state index contributed by atoms with van der Waals surface area (Å²) in [6, 6.07) is -0.629. The van der Waals surface area contributed by atoms with E-state index in [9.17, 15) is 9.59 Å². The first kappa shape index (κ1) is 11.1. The first-order valence-corrected chi connectivity index (χ1v) is 4.47. The number of carbonyl (C=O) groups excluding carboxylic acids is 2. The lowest BCUT2D eigenvalue weighted by Gasteiger charge is -2.11.